The van der Waals surface area contributed by atoms with Crippen LogP contribution in [0.3, 0.4) is 0 Å². The normalized spacial score (nSPS) is 18.1. The van der Waals surface area contributed by atoms with Crippen molar-refractivity contribution in [1.82, 2.24) is 5.32 Å². The summed E-state index contributed by atoms with van der Waals surface area (Å²) >= 11 is 0. The molecule has 0 bridgehead atoms. The van der Waals surface area contributed by atoms with Crippen LogP contribution < -0.4 is 11.1 Å². The molecule has 0 saturated heterocycles. The minimum Gasteiger partial charge on any atom is -0.401 e. The highest BCUT2D eigenvalue weighted by Gasteiger charge is 2.21. The SMILES string of the molecule is Cc1ccc(CNC2CC(C#N)=C(C#N)C=C2N)cc1. The summed E-state index contributed by atoms with van der Waals surface area (Å²) in [6.07, 6.45) is 2.06. The summed E-state index contributed by atoms with van der Waals surface area (Å²) in [5, 5.41) is 21.3. The van der Waals surface area contributed by atoms with Crippen LogP contribution in [0.1, 0.15) is 17.5 Å². The van der Waals surface area contributed by atoms with Gasteiger partial charge in [-0.3, -0.25) is 0 Å². The van der Waals surface area contributed by atoms with Crippen molar-refractivity contribution >= 4 is 0 Å². The second-order valence-electron chi connectivity index (χ2n) is 4.88. The highest BCUT2D eigenvalue weighted by Crippen LogP contribution is 2.21. The molecule has 1 aliphatic carbocycles. The van der Waals surface area contributed by atoms with Gasteiger partial charge in [-0.2, -0.15) is 10.5 Å². The third-order valence-electron chi connectivity index (χ3n) is 3.38. The summed E-state index contributed by atoms with van der Waals surface area (Å²) in [6, 6.07) is 12.2. The van der Waals surface area contributed by atoms with E-state index in [0.29, 0.717) is 29.8 Å². The Bertz CT molecular complexity index is 639. The lowest BCUT2D eigenvalue weighted by atomic mass is 9.93. The first-order chi connectivity index (χ1) is 9.63. The molecule has 0 radical (unpaired) electrons. The Morgan fingerprint density at radius 3 is 2.55 bits per heavy atom. The van der Waals surface area contributed by atoms with E-state index >= 15 is 0 Å². The second kappa shape index (κ2) is 6.06. The van der Waals surface area contributed by atoms with Crippen LogP contribution in [0.2, 0.25) is 0 Å². The Kier molecular flexibility index (Phi) is 4.20. The van der Waals surface area contributed by atoms with Crippen LogP contribution in [0.25, 0.3) is 0 Å². The molecule has 0 fully saturated rings. The van der Waals surface area contributed by atoms with Crippen molar-refractivity contribution in [2.24, 2.45) is 5.73 Å². The lowest BCUT2D eigenvalue weighted by Crippen LogP contribution is -2.36. The second-order valence-corrected chi connectivity index (χ2v) is 4.88. The lowest BCUT2D eigenvalue weighted by Gasteiger charge is -2.22. The quantitative estimate of drug-likeness (QED) is 0.874. The van der Waals surface area contributed by atoms with E-state index in [0.717, 1.165) is 5.56 Å². The topological polar surface area (TPSA) is 85.6 Å². The molecule has 1 aromatic carbocycles. The Labute approximate surface area is 118 Å². The zero-order valence-corrected chi connectivity index (χ0v) is 11.4. The molecule has 1 aromatic rings. The third kappa shape index (κ3) is 3.06. The number of hydrogen-bond acceptors (Lipinski definition) is 4. The van der Waals surface area contributed by atoms with Crippen molar-refractivity contribution < 1.29 is 0 Å². The number of benzene rings is 1. The van der Waals surface area contributed by atoms with Crippen molar-refractivity contribution in [3.05, 3.63) is 58.3 Å². The average Bonchev–Trinajstić information content (AvgIpc) is 2.47. The first kappa shape index (κ1) is 13.9. The van der Waals surface area contributed by atoms with Gasteiger partial charge in [0, 0.05) is 24.2 Å². The molecule has 0 amide bonds. The van der Waals surface area contributed by atoms with E-state index < -0.39 is 0 Å². The van der Waals surface area contributed by atoms with Gasteiger partial charge in [-0.05, 0) is 18.6 Å². The Morgan fingerprint density at radius 1 is 1.25 bits per heavy atom. The number of nitrogens with zero attached hydrogens (tertiary/aromatic N) is 2. The number of nitriles is 2. The van der Waals surface area contributed by atoms with Crippen molar-refractivity contribution in [3.8, 4) is 12.1 Å². The van der Waals surface area contributed by atoms with Gasteiger partial charge in [-0.1, -0.05) is 29.8 Å². The highest BCUT2D eigenvalue weighted by atomic mass is 14.9. The maximum atomic E-state index is 9.06. The third-order valence-corrected chi connectivity index (χ3v) is 3.38. The number of rotatable bonds is 3. The van der Waals surface area contributed by atoms with Crippen LogP contribution in [0.15, 0.2) is 47.2 Å². The van der Waals surface area contributed by atoms with Gasteiger partial charge in [0.2, 0.25) is 0 Å². The monoisotopic (exact) mass is 264 g/mol. The maximum absolute atomic E-state index is 9.06. The first-order valence-corrected chi connectivity index (χ1v) is 6.43. The van der Waals surface area contributed by atoms with Crippen molar-refractivity contribution in [2.75, 3.05) is 0 Å². The molecule has 2 rings (SSSR count). The fourth-order valence-corrected chi connectivity index (χ4v) is 2.13. The molecule has 1 unspecified atom stereocenters. The molecule has 1 atom stereocenters. The molecule has 0 aliphatic heterocycles. The first-order valence-electron chi connectivity index (χ1n) is 6.43. The number of allylic oxidation sites excluding steroid dienone is 2. The number of nitrogens with one attached hydrogen (secondary N) is 1. The van der Waals surface area contributed by atoms with E-state index in [1.54, 1.807) is 6.08 Å². The molecule has 4 nitrogen and oxygen atoms in total. The van der Waals surface area contributed by atoms with Crippen LogP contribution in [0.4, 0.5) is 0 Å². The molecule has 20 heavy (non-hydrogen) atoms. The number of aryl methyl sites for hydroxylation is 1. The molecule has 1 aliphatic rings. The van der Waals surface area contributed by atoms with Crippen LogP contribution in [-0.2, 0) is 6.54 Å². The molecular formula is C16H16N4. The van der Waals surface area contributed by atoms with Crippen molar-refractivity contribution in [3.63, 3.8) is 0 Å². The minimum atomic E-state index is -0.0944. The zero-order chi connectivity index (χ0) is 14.5. The molecule has 100 valence electrons. The largest absolute Gasteiger partial charge is 0.401 e. The van der Waals surface area contributed by atoms with Gasteiger partial charge >= 0.3 is 0 Å². The number of nitrogens with two attached hydrogens (primary N) is 1. The Balaban J connectivity index is 2.04. The molecular weight excluding hydrogens is 248 g/mol. The summed E-state index contributed by atoms with van der Waals surface area (Å²) in [5.74, 6) is 0. The van der Waals surface area contributed by atoms with Crippen LogP contribution >= 0.6 is 0 Å². The fraction of sp³-hybridized carbons (Fsp3) is 0.250. The van der Waals surface area contributed by atoms with E-state index in [1.165, 1.54) is 5.56 Å². The van der Waals surface area contributed by atoms with E-state index in [9.17, 15) is 0 Å². The molecule has 4 heteroatoms. The molecule has 0 heterocycles. The van der Waals surface area contributed by atoms with Gasteiger partial charge in [-0.15, -0.1) is 0 Å². The Morgan fingerprint density at radius 2 is 1.95 bits per heavy atom. The van der Waals surface area contributed by atoms with E-state index in [2.05, 4.69) is 35.7 Å². The van der Waals surface area contributed by atoms with Gasteiger partial charge < -0.3 is 11.1 Å². The van der Waals surface area contributed by atoms with Crippen LogP contribution in [-0.4, -0.2) is 6.04 Å². The van der Waals surface area contributed by atoms with Crippen LogP contribution in [0, 0.1) is 29.6 Å². The zero-order valence-electron chi connectivity index (χ0n) is 11.4. The summed E-state index contributed by atoms with van der Waals surface area (Å²) in [7, 11) is 0. The van der Waals surface area contributed by atoms with Crippen molar-refractivity contribution in [2.45, 2.75) is 25.9 Å². The Hall–Kier alpha value is -2.56. The molecule has 0 aromatic heterocycles. The summed E-state index contributed by atoms with van der Waals surface area (Å²) < 4.78 is 0. The van der Waals surface area contributed by atoms with E-state index in [-0.39, 0.29) is 6.04 Å². The summed E-state index contributed by atoms with van der Waals surface area (Å²) in [4.78, 5) is 0. The fourth-order valence-electron chi connectivity index (χ4n) is 2.13. The highest BCUT2D eigenvalue weighted by molar-refractivity contribution is 5.49. The lowest BCUT2D eigenvalue weighted by molar-refractivity contribution is 0.557. The summed E-state index contributed by atoms with van der Waals surface area (Å²) in [6.45, 7) is 2.73. The predicted molar refractivity (Wildman–Crippen MR) is 76.9 cm³/mol. The van der Waals surface area contributed by atoms with E-state index in [1.807, 2.05) is 13.0 Å². The maximum Gasteiger partial charge on any atom is 0.100 e. The summed E-state index contributed by atoms with van der Waals surface area (Å²) in [5.41, 5.74) is 9.81. The predicted octanol–water partition coefficient (Wildman–Crippen LogP) is 2.04. The number of hydrogen-bond donors (Lipinski definition) is 2. The van der Waals surface area contributed by atoms with Gasteiger partial charge in [0.05, 0.1) is 17.7 Å². The molecule has 0 saturated carbocycles. The van der Waals surface area contributed by atoms with Gasteiger partial charge in [0.15, 0.2) is 0 Å². The van der Waals surface area contributed by atoms with Gasteiger partial charge in [0.25, 0.3) is 0 Å². The average molecular weight is 264 g/mol. The molecule has 0 spiro atoms. The van der Waals surface area contributed by atoms with Gasteiger partial charge in [0.1, 0.15) is 6.07 Å². The standard InChI is InChI=1S/C16H16N4/c1-11-2-4-12(5-3-11)10-20-16-7-14(9-18)13(8-17)6-15(16)19/h2-6,16,20H,7,10,19H2,1H3. The van der Waals surface area contributed by atoms with E-state index in [4.69, 9.17) is 16.3 Å². The van der Waals surface area contributed by atoms with Crippen molar-refractivity contribution in [1.29, 1.82) is 10.5 Å². The van der Waals surface area contributed by atoms with Gasteiger partial charge in [-0.25, -0.2) is 0 Å². The smallest absolute Gasteiger partial charge is 0.100 e. The minimum absolute atomic E-state index is 0.0944. The molecule has 3 N–H and O–H groups in total. The van der Waals surface area contributed by atoms with Crippen LogP contribution in [0.5, 0.6) is 0 Å².